The van der Waals surface area contributed by atoms with Gasteiger partial charge in [0.25, 0.3) is 0 Å². The van der Waals surface area contributed by atoms with Crippen molar-refractivity contribution in [3.8, 4) is 0 Å². The first kappa shape index (κ1) is 10.8. The number of halogens is 3. The van der Waals surface area contributed by atoms with E-state index in [4.69, 9.17) is 5.73 Å². The topological polar surface area (TPSA) is 41.6 Å². The molecule has 0 bridgehead atoms. The lowest BCUT2D eigenvalue weighted by Gasteiger charge is -2.14. The third-order valence-corrected chi connectivity index (χ3v) is 2.45. The molecule has 3 nitrogen and oxygen atoms in total. The lowest BCUT2D eigenvalue weighted by Crippen LogP contribution is -2.20. The summed E-state index contributed by atoms with van der Waals surface area (Å²) >= 11 is 0. The van der Waals surface area contributed by atoms with Crippen molar-refractivity contribution in [2.75, 3.05) is 11.6 Å². The molecule has 0 fully saturated rings. The summed E-state index contributed by atoms with van der Waals surface area (Å²) in [6.07, 6.45) is 0. The molecule has 1 unspecified atom stereocenters. The van der Waals surface area contributed by atoms with Crippen LogP contribution in [0.15, 0.2) is 17.2 Å². The van der Waals surface area contributed by atoms with Gasteiger partial charge in [0.2, 0.25) is 0 Å². The van der Waals surface area contributed by atoms with E-state index in [-0.39, 0.29) is 11.6 Å². The normalized spacial score (nSPS) is 20.1. The van der Waals surface area contributed by atoms with Crippen molar-refractivity contribution in [1.29, 1.82) is 0 Å². The van der Waals surface area contributed by atoms with Crippen LogP contribution in [0.1, 0.15) is 6.92 Å². The molecule has 6 heteroatoms. The standard InChI is InChI=1S/C10H10F3N3/c1-5-4-16(15-10(5)14)6-2-7(11)9(13)8(12)3-6/h2-3,5H,4H2,1H3,(H2,14,15). The molecule has 1 heterocycles. The smallest absolute Gasteiger partial charge is 0.194 e. The summed E-state index contributed by atoms with van der Waals surface area (Å²) in [5.74, 6) is -3.54. The van der Waals surface area contributed by atoms with Crippen LogP contribution in [-0.4, -0.2) is 12.4 Å². The zero-order valence-corrected chi connectivity index (χ0v) is 8.54. The summed E-state index contributed by atoms with van der Waals surface area (Å²) in [6.45, 7) is 2.27. The first-order valence-electron chi connectivity index (χ1n) is 4.75. The van der Waals surface area contributed by atoms with E-state index in [0.29, 0.717) is 12.4 Å². The Balaban J connectivity index is 2.36. The highest BCUT2D eigenvalue weighted by Crippen LogP contribution is 2.24. The van der Waals surface area contributed by atoms with E-state index in [2.05, 4.69) is 5.10 Å². The second-order valence-electron chi connectivity index (χ2n) is 3.73. The molecule has 1 aliphatic heterocycles. The van der Waals surface area contributed by atoms with E-state index in [1.807, 2.05) is 6.92 Å². The van der Waals surface area contributed by atoms with Crippen LogP contribution in [0.3, 0.4) is 0 Å². The number of hydrazone groups is 1. The Morgan fingerprint density at radius 2 is 1.88 bits per heavy atom. The van der Waals surface area contributed by atoms with Gasteiger partial charge >= 0.3 is 0 Å². The Morgan fingerprint density at radius 1 is 1.31 bits per heavy atom. The molecule has 0 amide bonds. The van der Waals surface area contributed by atoms with E-state index in [1.165, 1.54) is 5.01 Å². The van der Waals surface area contributed by atoms with Crippen LogP contribution in [0.25, 0.3) is 0 Å². The van der Waals surface area contributed by atoms with E-state index in [9.17, 15) is 13.2 Å². The minimum absolute atomic E-state index is 0.0103. The van der Waals surface area contributed by atoms with Gasteiger partial charge in [-0.25, -0.2) is 13.2 Å². The molecule has 1 aliphatic rings. The largest absolute Gasteiger partial charge is 0.385 e. The van der Waals surface area contributed by atoms with Gasteiger partial charge < -0.3 is 5.73 Å². The predicted molar refractivity (Wildman–Crippen MR) is 54.4 cm³/mol. The summed E-state index contributed by atoms with van der Waals surface area (Å²) < 4.78 is 38.7. The van der Waals surface area contributed by atoms with E-state index >= 15 is 0 Å². The molecule has 86 valence electrons. The minimum atomic E-state index is -1.48. The van der Waals surface area contributed by atoms with Gasteiger partial charge in [-0.1, -0.05) is 6.92 Å². The summed E-state index contributed by atoms with van der Waals surface area (Å²) in [5.41, 5.74) is 5.71. The fraction of sp³-hybridized carbons (Fsp3) is 0.300. The average molecular weight is 229 g/mol. The number of hydrogen-bond acceptors (Lipinski definition) is 3. The lowest BCUT2D eigenvalue weighted by atomic mass is 10.2. The van der Waals surface area contributed by atoms with E-state index in [0.717, 1.165) is 12.1 Å². The maximum atomic E-state index is 13.0. The summed E-state index contributed by atoms with van der Waals surface area (Å²) in [5, 5.41) is 5.28. The molecule has 0 aliphatic carbocycles. The monoisotopic (exact) mass is 229 g/mol. The fourth-order valence-corrected chi connectivity index (χ4v) is 1.49. The van der Waals surface area contributed by atoms with Gasteiger partial charge in [-0.3, -0.25) is 5.01 Å². The van der Waals surface area contributed by atoms with Gasteiger partial charge in [0.15, 0.2) is 17.5 Å². The number of nitrogens with zero attached hydrogens (tertiary/aromatic N) is 2. The van der Waals surface area contributed by atoms with Gasteiger partial charge in [-0.15, -0.1) is 0 Å². The quantitative estimate of drug-likeness (QED) is 0.746. The molecule has 0 saturated heterocycles. The molecule has 2 rings (SSSR count). The van der Waals surface area contributed by atoms with Crippen LogP contribution >= 0.6 is 0 Å². The molecule has 0 saturated carbocycles. The summed E-state index contributed by atoms with van der Waals surface area (Å²) in [6, 6.07) is 1.79. The minimum Gasteiger partial charge on any atom is -0.385 e. The van der Waals surface area contributed by atoms with Crippen LogP contribution in [-0.2, 0) is 0 Å². The van der Waals surface area contributed by atoms with Gasteiger partial charge in [0.1, 0.15) is 5.84 Å². The second kappa shape index (κ2) is 3.70. The van der Waals surface area contributed by atoms with Crippen molar-refractivity contribution in [3.63, 3.8) is 0 Å². The van der Waals surface area contributed by atoms with Gasteiger partial charge in [0.05, 0.1) is 12.2 Å². The Hall–Kier alpha value is -1.72. The fourth-order valence-electron chi connectivity index (χ4n) is 1.49. The van der Waals surface area contributed by atoms with Crippen molar-refractivity contribution >= 4 is 11.5 Å². The van der Waals surface area contributed by atoms with E-state index in [1.54, 1.807) is 0 Å². The molecule has 0 spiro atoms. The van der Waals surface area contributed by atoms with Crippen molar-refractivity contribution in [3.05, 3.63) is 29.6 Å². The first-order valence-corrected chi connectivity index (χ1v) is 4.75. The van der Waals surface area contributed by atoms with Crippen LogP contribution < -0.4 is 10.7 Å². The Kier molecular flexibility index (Phi) is 2.49. The van der Waals surface area contributed by atoms with Crippen LogP contribution in [0.5, 0.6) is 0 Å². The predicted octanol–water partition coefficient (Wildman–Crippen LogP) is 1.83. The van der Waals surface area contributed by atoms with Gasteiger partial charge in [0, 0.05) is 18.1 Å². The summed E-state index contributed by atoms with van der Waals surface area (Å²) in [4.78, 5) is 0. The Labute approximate surface area is 90.3 Å². The maximum Gasteiger partial charge on any atom is 0.194 e. The van der Waals surface area contributed by atoms with Gasteiger partial charge in [-0.2, -0.15) is 5.10 Å². The highest BCUT2D eigenvalue weighted by atomic mass is 19.2. The molecule has 1 aromatic carbocycles. The number of rotatable bonds is 1. The number of hydrogen-bond donors (Lipinski definition) is 1. The molecule has 16 heavy (non-hydrogen) atoms. The summed E-state index contributed by atoms with van der Waals surface area (Å²) in [7, 11) is 0. The molecule has 1 aromatic rings. The molecular weight excluding hydrogens is 219 g/mol. The van der Waals surface area contributed by atoms with Crippen molar-refractivity contribution in [2.24, 2.45) is 16.8 Å². The maximum absolute atomic E-state index is 13.0. The zero-order chi connectivity index (χ0) is 11.9. The first-order chi connectivity index (χ1) is 7.49. The molecule has 2 N–H and O–H groups in total. The third-order valence-electron chi connectivity index (χ3n) is 2.45. The average Bonchev–Trinajstić information content (AvgIpc) is 2.55. The van der Waals surface area contributed by atoms with Crippen LogP contribution in [0, 0.1) is 23.4 Å². The second-order valence-corrected chi connectivity index (χ2v) is 3.73. The van der Waals surface area contributed by atoms with Crippen molar-refractivity contribution in [1.82, 2.24) is 0 Å². The molecule has 0 aromatic heterocycles. The van der Waals surface area contributed by atoms with Gasteiger partial charge in [-0.05, 0) is 0 Å². The molecular formula is C10H10F3N3. The molecule has 1 atom stereocenters. The highest BCUT2D eigenvalue weighted by molar-refractivity contribution is 5.86. The van der Waals surface area contributed by atoms with Crippen LogP contribution in [0.4, 0.5) is 18.9 Å². The SMILES string of the molecule is CC1CN(c2cc(F)c(F)c(F)c2)N=C1N. The van der Waals surface area contributed by atoms with Crippen molar-refractivity contribution < 1.29 is 13.2 Å². The number of benzene rings is 1. The number of amidine groups is 1. The van der Waals surface area contributed by atoms with Crippen LogP contribution in [0.2, 0.25) is 0 Å². The number of anilines is 1. The number of nitrogens with two attached hydrogens (primary N) is 1. The Bertz CT molecular complexity index is 436. The molecule has 0 radical (unpaired) electrons. The highest BCUT2D eigenvalue weighted by Gasteiger charge is 2.23. The van der Waals surface area contributed by atoms with E-state index < -0.39 is 17.5 Å². The zero-order valence-electron chi connectivity index (χ0n) is 8.54. The third kappa shape index (κ3) is 1.70. The Morgan fingerprint density at radius 3 is 2.31 bits per heavy atom. The lowest BCUT2D eigenvalue weighted by molar-refractivity contribution is 0.447. The van der Waals surface area contributed by atoms with Crippen molar-refractivity contribution in [2.45, 2.75) is 6.92 Å².